The third-order valence-corrected chi connectivity index (χ3v) is 4.39. The van der Waals surface area contributed by atoms with Gasteiger partial charge >= 0.3 is 0 Å². The van der Waals surface area contributed by atoms with Gasteiger partial charge in [0.15, 0.2) is 0 Å². The van der Waals surface area contributed by atoms with Gasteiger partial charge in [-0.1, -0.05) is 6.42 Å². The Hall–Kier alpha value is -0.450. The van der Waals surface area contributed by atoms with Crippen LogP contribution in [-0.2, 0) is 11.2 Å². The maximum Gasteiger partial charge on any atom is 0.0954 e. The van der Waals surface area contributed by atoms with Crippen molar-refractivity contribution in [1.82, 2.24) is 10.3 Å². The molecule has 4 heteroatoms. The molecular weight excluding hydrogens is 220 g/mol. The van der Waals surface area contributed by atoms with Crippen molar-refractivity contribution < 1.29 is 4.74 Å². The largest absolute Gasteiger partial charge is 0.375 e. The molecule has 2 heterocycles. The monoisotopic (exact) mass is 238 g/mol. The Labute approximate surface area is 100 Å². The summed E-state index contributed by atoms with van der Waals surface area (Å²) in [4.78, 5) is 4.74. The minimum absolute atomic E-state index is 0.328. The summed E-state index contributed by atoms with van der Waals surface area (Å²) in [5.41, 5.74) is 1.33. The summed E-state index contributed by atoms with van der Waals surface area (Å²) in [6.07, 6.45) is 5.36. The van der Waals surface area contributed by atoms with Gasteiger partial charge in [0.05, 0.1) is 23.4 Å². The average molecular weight is 238 g/mol. The second-order valence-electron chi connectivity index (χ2n) is 4.69. The fourth-order valence-electron chi connectivity index (χ4n) is 2.26. The van der Waals surface area contributed by atoms with E-state index < -0.39 is 0 Å². The molecule has 1 aliphatic heterocycles. The maximum absolute atomic E-state index is 5.70. The first-order valence-electron chi connectivity index (χ1n) is 6.18. The second-order valence-corrected chi connectivity index (χ2v) is 5.64. The van der Waals surface area contributed by atoms with Crippen LogP contribution < -0.4 is 5.32 Å². The molecule has 3 nitrogen and oxygen atoms in total. The van der Waals surface area contributed by atoms with Crippen molar-refractivity contribution in [3.8, 4) is 0 Å². The van der Waals surface area contributed by atoms with Crippen molar-refractivity contribution in [3.63, 3.8) is 0 Å². The number of ether oxygens (including phenoxy) is 1. The molecule has 0 spiro atoms. The molecule has 0 bridgehead atoms. The van der Waals surface area contributed by atoms with E-state index in [-0.39, 0.29) is 0 Å². The van der Waals surface area contributed by atoms with Crippen LogP contribution in [0.15, 0.2) is 5.38 Å². The van der Waals surface area contributed by atoms with Crippen LogP contribution in [0, 0.1) is 0 Å². The van der Waals surface area contributed by atoms with Crippen molar-refractivity contribution in [2.45, 2.75) is 37.7 Å². The van der Waals surface area contributed by atoms with Crippen LogP contribution in [0.4, 0.5) is 0 Å². The van der Waals surface area contributed by atoms with Crippen LogP contribution in [0.3, 0.4) is 0 Å². The molecule has 16 heavy (non-hydrogen) atoms. The first-order chi connectivity index (χ1) is 7.92. The topological polar surface area (TPSA) is 34.1 Å². The molecule has 2 fully saturated rings. The lowest BCUT2D eigenvalue weighted by Gasteiger charge is -2.23. The molecule has 0 radical (unpaired) electrons. The molecule has 1 atom stereocenters. The summed E-state index contributed by atoms with van der Waals surface area (Å²) in [5, 5.41) is 6.85. The number of thiazole rings is 1. The third kappa shape index (κ3) is 2.29. The van der Waals surface area contributed by atoms with Gasteiger partial charge in [-0.2, -0.15) is 0 Å². The fraction of sp³-hybridized carbons (Fsp3) is 0.750. The Bertz CT molecular complexity index is 343. The minimum atomic E-state index is 0.328. The lowest BCUT2D eigenvalue weighted by molar-refractivity contribution is 0.0292. The number of morpholine rings is 1. The van der Waals surface area contributed by atoms with Crippen LogP contribution in [0.25, 0.3) is 0 Å². The van der Waals surface area contributed by atoms with E-state index in [1.807, 2.05) is 0 Å². The van der Waals surface area contributed by atoms with Crippen molar-refractivity contribution in [3.05, 3.63) is 16.1 Å². The molecule has 1 saturated carbocycles. The number of hydrogen-bond donors (Lipinski definition) is 1. The van der Waals surface area contributed by atoms with E-state index in [1.54, 1.807) is 11.3 Å². The summed E-state index contributed by atoms with van der Waals surface area (Å²) < 4.78 is 5.70. The van der Waals surface area contributed by atoms with Crippen molar-refractivity contribution >= 4 is 11.3 Å². The quantitative estimate of drug-likeness (QED) is 0.874. The van der Waals surface area contributed by atoms with Crippen LogP contribution in [0.1, 0.15) is 35.9 Å². The van der Waals surface area contributed by atoms with Crippen molar-refractivity contribution in [2.75, 3.05) is 19.7 Å². The molecule has 0 aromatic carbocycles. The van der Waals surface area contributed by atoms with Gasteiger partial charge in [-0.25, -0.2) is 4.98 Å². The maximum atomic E-state index is 5.70. The van der Waals surface area contributed by atoms with E-state index >= 15 is 0 Å². The normalized spacial score (nSPS) is 26.6. The van der Waals surface area contributed by atoms with Crippen LogP contribution >= 0.6 is 11.3 Å². The predicted molar refractivity (Wildman–Crippen MR) is 65.0 cm³/mol. The van der Waals surface area contributed by atoms with Crippen LogP contribution in [-0.4, -0.2) is 30.8 Å². The Morgan fingerprint density at radius 3 is 3.12 bits per heavy atom. The zero-order chi connectivity index (χ0) is 10.8. The molecule has 0 amide bonds. The number of aromatic nitrogens is 1. The molecule has 1 N–H and O–H groups in total. The number of nitrogens with zero attached hydrogens (tertiary/aromatic N) is 1. The summed E-state index contributed by atoms with van der Waals surface area (Å²) in [6.45, 7) is 2.80. The molecule has 1 aliphatic carbocycles. The molecule has 1 unspecified atom stereocenters. The summed E-state index contributed by atoms with van der Waals surface area (Å²) in [5.74, 6) is 0.760. The SMILES string of the molecule is c1sc(CC2CNCCO2)nc1C1CCC1. The third-order valence-electron chi connectivity index (χ3n) is 3.50. The van der Waals surface area contributed by atoms with Gasteiger partial charge in [0, 0.05) is 30.8 Å². The average Bonchev–Trinajstić information content (AvgIpc) is 2.65. The fourth-order valence-corrected chi connectivity index (χ4v) is 3.20. The highest BCUT2D eigenvalue weighted by Crippen LogP contribution is 2.36. The minimum Gasteiger partial charge on any atom is -0.375 e. The van der Waals surface area contributed by atoms with Gasteiger partial charge in [-0.05, 0) is 12.8 Å². The molecule has 3 rings (SSSR count). The molecule has 1 aromatic rings. The Morgan fingerprint density at radius 2 is 2.44 bits per heavy atom. The van der Waals surface area contributed by atoms with E-state index in [2.05, 4.69) is 10.7 Å². The summed E-state index contributed by atoms with van der Waals surface area (Å²) in [6, 6.07) is 0. The first kappa shape index (κ1) is 10.7. The highest BCUT2D eigenvalue weighted by molar-refractivity contribution is 7.09. The molecule has 88 valence electrons. The number of nitrogens with one attached hydrogen (secondary N) is 1. The van der Waals surface area contributed by atoms with E-state index in [9.17, 15) is 0 Å². The molecule has 2 aliphatic rings. The second kappa shape index (κ2) is 4.82. The van der Waals surface area contributed by atoms with Gasteiger partial charge < -0.3 is 10.1 Å². The van der Waals surface area contributed by atoms with Gasteiger partial charge in [-0.15, -0.1) is 11.3 Å². The smallest absolute Gasteiger partial charge is 0.0954 e. The Morgan fingerprint density at radius 1 is 1.50 bits per heavy atom. The molecular formula is C12H18N2OS. The van der Waals surface area contributed by atoms with E-state index in [1.165, 1.54) is 30.0 Å². The van der Waals surface area contributed by atoms with E-state index in [4.69, 9.17) is 9.72 Å². The van der Waals surface area contributed by atoms with Crippen molar-refractivity contribution in [1.29, 1.82) is 0 Å². The van der Waals surface area contributed by atoms with Crippen LogP contribution in [0.2, 0.25) is 0 Å². The molecule has 1 aromatic heterocycles. The van der Waals surface area contributed by atoms with Gasteiger partial charge in [0.1, 0.15) is 0 Å². The Balaban J connectivity index is 1.58. The lowest BCUT2D eigenvalue weighted by Crippen LogP contribution is -2.39. The van der Waals surface area contributed by atoms with Crippen molar-refractivity contribution in [2.24, 2.45) is 0 Å². The predicted octanol–water partition coefficient (Wildman–Crippen LogP) is 1.94. The van der Waals surface area contributed by atoms with Gasteiger partial charge in [0.2, 0.25) is 0 Å². The zero-order valence-corrected chi connectivity index (χ0v) is 10.3. The lowest BCUT2D eigenvalue weighted by atomic mass is 9.83. The first-order valence-corrected chi connectivity index (χ1v) is 7.06. The van der Waals surface area contributed by atoms with Crippen LogP contribution in [0.5, 0.6) is 0 Å². The summed E-state index contributed by atoms with van der Waals surface area (Å²) in [7, 11) is 0. The van der Waals surface area contributed by atoms with Gasteiger partial charge in [-0.3, -0.25) is 0 Å². The number of rotatable bonds is 3. The van der Waals surface area contributed by atoms with E-state index in [0.717, 1.165) is 32.0 Å². The number of hydrogen-bond acceptors (Lipinski definition) is 4. The van der Waals surface area contributed by atoms with E-state index in [0.29, 0.717) is 6.10 Å². The molecule has 1 saturated heterocycles. The highest BCUT2D eigenvalue weighted by Gasteiger charge is 2.23. The summed E-state index contributed by atoms with van der Waals surface area (Å²) >= 11 is 1.80. The standard InChI is InChI=1S/C12H18N2OS/c1-2-9(3-1)11-8-16-12(14-11)6-10-7-13-4-5-15-10/h8-10,13H,1-7H2. The highest BCUT2D eigenvalue weighted by atomic mass is 32.1. The van der Waals surface area contributed by atoms with Gasteiger partial charge in [0.25, 0.3) is 0 Å². The Kier molecular flexibility index (Phi) is 3.22. The zero-order valence-electron chi connectivity index (χ0n) is 9.45.